The highest BCUT2D eigenvalue weighted by molar-refractivity contribution is 5.90. The first-order chi connectivity index (χ1) is 11.7. The summed E-state index contributed by atoms with van der Waals surface area (Å²) in [5, 5.41) is 2.96. The number of methoxy groups -OCH3 is 1. The molecule has 3 rings (SSSR count). The van der Waals surface area contributed by atoms with Crippen molar-refractivity contribution < 1.29 is 14.3 Å². The molecule has 0 radical (unpaired) electrons. The maximum Gasteiger partial charge on any atom is 0.224 e. The molecule has 1 fully saturated rings. The second-order valence-corrected chi connectivity index (χ2v) is 6.18. The monoisotopic (exact) mass is 325 g/mol. The van der Waals surface area contributed by atoms with Crippen molar-refractivity contribution in [2.24, 2.45) is 5.92 Å². The summed E-state index contributed by atoms with van der Waals surface area (Å²) in [4.78, 5) is 12.1. The van der Waals surface area contributed by atoms with E-state index >= 15 is 0 Å². The Morgan fingerprint density at radius 1 is 1.04 bits per heavy atom. The quantitative estimate of drug-likeness (QED) is 0.812. The lowest BCUT2D eigenvalue weighted by molar-refractivity contribution is -0.117. The second kappa shape index (κ2) is 7.86. The highest BCUT2D eigenvalue weighted by atomic mass is 16.5. The lowest BCUT2D eigenvalue weighted by Crippen LogP contribution is -2.14. The summed E-state index contributed by atoms with van der Waals surface area (Å²) < 4.78 is 11.1. The van der Waals surface area contributed by atoms with E-state index in [2.05, 4.69) is 5.32 Å². The summed E-state index contributed by atoms with van der Waals surface area (Å²) in [7, 11) is 1.62. The average molecular weight is 325 g/mol. The number of anilines is 1. The van der Waals surface area contributed by atoms with E-state index in [9.17, 15) is 4.79 Å². The molecule has 0 atom stereocenters. The number of nitrogens with one attached hydrogen (secondary N) is 1. The van der Waals surface area contributed by atoms with Gasteiger partial charge in [0.25, 0.3) is 0 Å². The molecule has 1 aliphatic carbocycles. The van der Waals surface area contributed by atoms with Gasteiger partial charge < -0.3 is 14.8 Å². The van der Waals surface area contributed by atoms with Crippen LogP contribution in [0, 0.1) is 5.92 Å². The van der Waals surface area contributed by atoms with Gasteiger partial charge in [-0.25, -0.2) is 0 Å². The highest BCUT2D eigenvalue weighted by Gasteiger charge is 2.18. The van der Waals surface area contributed by atoms with Gasteiger partial charge in [-0.2, -0.15) is 0 Å². The first kappa shape index (κ1) is 16.4. The van der Waals surface area contributed by atoms with Crippen molar-refractivity contribution in [2.45, 2.75) is 32.1 Å². The molecule has 126 valence electrons. The SMILES string of the molecule is COc1ccccc1Oc1ccc(NC(=O)CC2CCCC2)cc1. The lowest BCUT2D eigenvalue weighted by Gasteiger charge is -2.12. The normalized spacial score (nSPS) is 14.4. The van der Waals surface area contributed by atoms with Gasteiger partial charge in [-0.05, 0) is 55.2 Å². The Morgan fingerprint density at radius 2 is 1.71 bits per heavy atom. The van der Waals surface area contributed by atoms with Crippen molar-refractivity contribution in [1.82, 2.24) is 0 Å². The van der Waals surface area contributed by atoms with Crippen molar-refractivity contribution in [3.63, 3.8) is 0 Å². The van der Waals surface area contributed by atoms with Crippen molar-refractivity contribution in [3.8, 4) is 17.2 Å². The van der Waals surface area contributed by atoms with Gasteiger partial charge in [0.2, 0.25) is 5.91 Å². The van der Waals surface area contributed by atoms with Crippen LogP contribution in [0.3, 0.4) is 0 Å². The molecule has 0 saturated heterocycles. The van der Waals surface area contributed by atoms with Gasteiger partial charge in [-0.15, -0.1) is 0 Å². The molecule has 0 unspecified atom stereocenters. The van der Waals surface area contributed by atoms with Crippen LogP contribution < -0.4 is 14.8 Å². The number of ether oxygens (including phenoxy) is 2. The minimum Gasteiger partial charge on any atom is -0.493 e. The Morgan fingerprint density at radius 3 is 2.38 bits per heavy atom. The van der Waals surface area contributed by atoms with Crippen molar-refractivity contribution >= 4 is 11.6 Å². The molecule has 2 aromatic carbocycles. The zero-order valence-corrected chi connectivity index (χ0v) is 14.0. The first-order valence-corrected chi connectivity index (χ1v) is 8.45. The number of benzene rings is 2. The topological polar surface area (TPSA) is 47.6 Å². The standard InChI is InChI=1S/C20H23NO3/c1-23-18-8-4-5-9-19(18)24-17-12-10-16(11-13-17)21-20(22)14-15-6-2-3-7-15/h4-5,8-13,15H,2-3,6-7,14H2,1H3,(H,21,22). The third-order valence-electron chi connectivity index (χ3n) is 4.38. The van der Waals surface area contributed by atoms with Gasteiger partial charge >= 0.3 is 0 Å². The van der Waals surface area contributed by atoms with Crippen LogP contribution in [0.2, 0.25) is 0 Å². The van der Waals surface area contributed by atoms with Gasteiger partial charge in [0.05, 0.1) is 7.11 Å². The predicted octanol–water partition coefficient (Wildman–Crippen LogP) is 5.01. The third kappa shape index (κ3) is 4.28. The van der Waals surface area contributed by atoms with Gasteiger partial charge in [0.1, 0.15) is 5.75 Å². The Balaban J connectivity index is 1.57. The molecule has 0 aliphatic heterocycles. The van der Waals surface area contributed by atoms with Crippen LogP contribution in [0.1, 0.15) is 32.1 Å². The molecule has 0 aromatic heterocycles. The lowest BCUT2D eigenvalue weighted by atomic mass is 10.0. The molecule has 1 amide bonds. The van der Waals surface area contributed by atoms with E-state index in [0.717, 1.165) is 5.69 Å². The molecule has 1 saturated carbocycles. The largest absolute Gasteiger partial charge is 0.493 e. The number of carbonyl (C=O) groups is 1. The Kier molecular flexibility index (Phi) is 5.36. The number of carbonyl (C=O) groups excluding carboxylic acids is 1. The van der Waals surface area contributed by atoms with Crippen LogP contribution in [0.5, 0.6) is 17.2 Å². The molecule has 4 nitrogen and oxygen atoms in total. The Bertz CT molecular complexity index is 676. The fourth-order valence-electron chi connectivity index (χ4n) is 3.13. The second-order valence-electron chi connectivity index (χ2n) is 6.18. The predicted molar refractivity (Wildman–Crippen MR) is 94.7 cm³/mol. The molecule has 24 heavy (non-hydrogen) atoms. The van der Waals surface area contributed by atoms with E-state index < -0.39 is 0 Å². The van der Waals surface area contributed by atoms with Crippen LogP contribution in [-0.4, -0.2) is 13.0 Å². The van der Waals surface area contributed by atoms with Gasteiger partial charge in [0.15, 0.2) is 11.5 Å². The minimum absolute atomic E-state index is 0.0975. The van der Waals surface area contributed by atoms with Gasteiger partial charge in [-0.1, -0.05) is 25.0 Å². The maximum absolute atomic E-state index is 12.1. The minimum atomic E-state index is 0.0975. The fraction of sp³-hybridized carbons (Fsp3) is 0.350. The maximum atomic E-state index is 12.1. The van der Waals surface area contributed by atoms with Gasteiger partial charge in [0, 0.05) is 12.1 Å². The average Bonchev–Trinajstić information content (AvgIpc) is 3.10. The summed E-state index contributed by atoms with van der Waals surface area (Å²) in [6.45, 7) is 0. The molecule has 2 aromatic rings. The highest BCUT2D eigenvalue weighted by Crippen LogP contribution is 2.31. The molecule has 1 N–H and O–H groups in total. The summed E-state index contributed by atoms with van der Waals surface area (Å²) in [6, 6.07) is 14.9. The molecule has 4 heteroatoms. The summed E-state index contributed by atoms with van der Waals surface area (Å²) in [5.41, 5.74) is 0.797. The molecule has 0 heterocycles. The number of para-hydroxylation sites is 2. The summed E-state index contributed by atoms with van der Waals surface area (Å²) in [5.74, 6) is 2.70. The summed E-state index contributed by atoms with van der Waals surface area (Å²) >= 11 is 0. The van der Waals surface area contributed by atoms with E-state index in [1.807, 2.05) is 48.5 Å². The van der Waals surface area contributed by atoms with Crippen LogP contribution in [0.15, 0.2) is 48.5 Å². The number of amides is 1. The molecule has 0 spiro atoms. The van der Waals surface area contributed by atoms with Gasteiger partial charge in [-0.3, -0.25) is 4.79 Å². The fourth-order valence-corrected chi connectivity index (χ4v) is 3.13. The molecular weight excluding hydrogens is 302 g/mol. The molecule has 1 aliphatic rings. The van der Waals surface area contributed by atoms with E-state index in [1.54, 1.807) is 7.11 Å². The van der Waals surface area contributed by atoms with Crippen molar-refractivity contribution in [3.05, 3.63) is 48.5 Å². The van der Waals surface area contributed by atoms with E-state index in [-0.39, 0.29) is 5.91 Å². The van der Waals surface area contributed by atoms with Crippen LogP contribution in [0.4, 0.5) is 5.69 Å². The number of hydrogen-bond acceptors (Lipinski definition) is 3. The van der Waals surface area contributed by atoms with Crippen LogP contribution >= 0.6 is 0 Å². The molecule has 0 bridgehead atoms. The van der Waals surface area contributed by atoms with Crippen LogP contribution in [-0.2, 0) is 4.79 Å². The Hall–Kier alpha value is -2.49. The third-order valence-corrected chi connectivity index (χ3v) is 4.38. The van der Waals surface area contributed by atoms with E-state index in [1.165, 1.54) is 25.7 Å². The first-order valence-electron chi connectivity index (χ1n) is 8.45. The Labute approximate surface area is 142 Å². The summed E-state index contributed by atoms with van der Waals surface area (Å²) in [6.07, 6.45) is 5.50. The van der Waals surface area contributed by atoms with Crippen molar-refractivity contribution in [1.29, 1.82) is 0 Å². The smallest absolute Gasteiger partial charge is 0.224 e. The molecular formula is C20H23NO3. The van der Waals surface area contributed by atoms with Crippen molar-refractivity contribution in [2.75, 3.05) is 12.4 Å². The number of hydrogen-bond donors (Lipinski definition) is 1. The zero-order valence-electron chi connectivity index (χ0n) is 14.0. The van der Waals surface area contributed by atoms with Crippen LogP contribution in [0.25, 0.3) is 0 Å². The van der Waals surface area contributed by atoms with E-state index in [0.29, 0.717) is 29.6 Å². The zero-order chi connectivity index (χ0) is 16.8. The number of rotatable bonds is 6. The van der Waals surface area contributed by atoms with E-state index in [4.69, 9.17) is 9.47 Å².